The molecule has 0 atom stereocenters. The topological polar surface area (TPSA) is 70.1 Å². The first-order chi connectivity index (χ1) is 15.3. The summed E-state index contributed by atoms with van der Waals surface area (Å²) in [5.41, 5.74) is 0. The van der Waals surface area contributed by atoms with Crippen LogP contribution in [-0.2, 0) is 18.9 Å². The Hall–Kier alpha value is -0.360. The van der Waals surface area contributed by atoms with Crippen LogP contribution in [0.1, 0.15) is 32.6 Å². The monoisotopic (exact) mass is 446 g/mol. The van der Waals surface area contributed by atoms with E-state index in [-0.39, 0.29) is 6.61 Å². The quantitative estimate of drug-likeness (QED) is 0.306. The number of ether oxygens (including phenoxy) is 4. The summed E-state index contributed by atoms with van der Waals surface area (Å²) in [6.07, 6.45) is 3.85. The number of hydrogen-bond donors (Lipinski definition) is 1. The molecule has 2 saturated heterocycles. The fraction of sp³-hybridized carbons (Fsp3) is 1.00. The largest absolute Gasteiger partial charge is 0.396 e. The lowest BCUT2D eigenvalue weighted by atomic mass is 10.3. The fourth-order valence-corrected chi connectivity index (χ4v) is 3.62. The van der Waals surface area contributed by atoms with E-state index in [1.807, 2.05) is 6.92 Å². The Morgan fingerprint density at radius 1 is 0.516 bits per heavy atom. The summed E-state index contributed by atoms with van der Waals surface area (Å²) in [4.78, 5) is 9.43. The van der Waals surface area contributed by atoms with Gasteiger partial charge in [0, 0.05) is 85.4 Å². The standard InChI is InChI=1S/C22H46N4O5/c1-2-28-19-23-7-9-24(10-8-23)21-30-17-5-6-18-31-22-26-13-11-25(12-14-26)20-29-16-4-3-15-27/h27H,2-22H2,1H3. The molecule has 9 nitrogen and oxygen atoms in total. The summed E-state index contributed by atoms with van der Waals surface area (Å²) in [6, 6.07) is 0. The third-order valence-corrected chi connectivity index (χ3v) is 5.75. The summed E-state index contributed by atoms with van der Waals surface area (Å²) in [5, 5.41) is 8.77. The zero-order chi connectivity index (χ0) is 22.0. The Morgan fingerprint density at radius 2 is 0.839 bits per heavy atom. The summed E-state index contributed by atoms with van der Waals surface area (Å²) >= 11 is 0. The van der Waals surface area contributed by atoms with Crippen LogP contribution in [0.5, 0.6) is 0 Å². The number of unbranched alkanes of at least 4 members (excludes halogenated alkanes) is 2. The van der Waals surface area contributed by atoms with Crippen molar-refractivity contribution in [1.82, 2.24) is 19.6 Å². The van der Waals surface area contributed by atoms with Crippen molar-refractivity contribution in [2.45, 2.75) is 32.6 Å². The highest BCUT2D eigenvalue weighted by Crippen LogP contribution is 2.04. The van der Waals surface area contributed by atoms with Gasteiger partial charge in [0.2, 0.25) is 0 Å². The number of aliphatic hydroxyl groups excluding tert-OH is 1. The van der Waals surface area contributed by atoms with Gasteiger partial charge in [0.05, 0.1) is 26.9 Å². The number of nitrogens with zero attached hydrogens (tertiary/aromatic N) is 4. The van der Waals surface area contributed by atoms with Crippen molar-refractivity contribution in [3.05, 3.63) is 0 Å². The molecule has 0 amide bonds. The number of rotatable bonds is 18. The van der Waals surface area contributed by atoms with E-state index in [2.05, 4.69) is 19.6 Å². The normalized spacial score (nSPS) is 19.9. The molecule has 2 heterocycles. The van der Waals surface area contributed by atoms with Gasteiger partial charge in [-0.25, -0.2) is 0 Å². The van der Waals surface area contributed by atoms with Crippen LogP contribution in [0.25, 0.3) is 0 Å². The number of piperazine rings is 2. The third kappa shape index (κ3) is 13.1. The van der Waals surface area contributed by atoms with Gasteiger partial charge in [-0.3, -0.25) is 19.6 Å². The van der Waals surface area contributed by atoms with E-state index in [0.717, 1.165) is 125 Å². The molecule has 31 heavy (non-hydrogen) atoms. The van der Waals surface area contributed by atoms with Gasteiger partial charge in [-0.05, 0) is 32.6 Å². The minimum atomic E-state index is 0.252. The molecule has 2 aliphatic heterocycles. The van der Waals surface area contributed by atoms with E-state index in [1.54, 1.807) is 0 Å². The van der Waals surface area contributed by atoms with Crippen LogP contribution >= 0.6 is 0 Å². The Kier molecular flexibility index (Phi) is 15.7. The molecule has 0 spiro atoms. The van der Waals surface area contributed by atoms with Crippen LogP contribution in [0.15, 0.2) is 0 Å². The smallest absolute Gasteiger partial charge is 0.0991 e. The molecule has 1 N–H and O–H groups in total. The molecule has 0 radical (unpaired) electrons. The zero-order valence-corrected chi connectivity index (χ0v) is 19.7. The molecular formula is C22H46N4O5. The summed E-state index contributed by atoms with van der Waals surface area (Å²) in [5.74, 6) is 0. The van der Waals surface area contributed by atoms with Gasteiger partial charge >= 0.3 is 0 Å². The van der Waals surface area contributed by atoms with Gasteiger partial charge in [0.1, 0.15) is 0 Å². The SMILES string of the molecule is CCOCN1CCN(COCCCCOCN2CCN(COCCCCO)CC2)CC1. The predicted molar refractivity (Wildman–Crippen MR) is 121 cm³/mol. The highest BCUT2D eigenvalue weighted by molar-refractivity contribution is 4.69. The second-order valence-corrected chi connectivity index (χ2v) is 8.34. The molecule has 2 aliphatic rings. The molecule has 0 saturated carbocycles. The van der Waals surface area contributed by atoms with Gasteiger partial charge in [-0.1, -0.05) is 0 Å². The third-order valence-electron chi connectivity index (χ3n) is 5.75. The van der Waals surface area contributed by atoms with Crippen LogP contribution in [0.3, 0.4) is 0 Å². The van der Waals surface area contributed by atoms with Crippen molar-refractivity contribution < 1.29 is 24.1 Å². The van der Waals surface area contributed by atoms with Gasteiger partial charge in [-0.2, -0.15) is 0 Å². The maximum absolute atomic E-state index is 8.77. The van der Waals surface area contributed by atoms with E-state index < -0.39 is 0 Å². The lowest BCUT2D eigenvalue weighted by molar-refractivity contribution is -0.0383. The fourth-order valence-electron chi connectivity index (χ4n) is 3.62. The Bertz CT molecular complexity index is 405. The molecule has 0 unspecified atom stereocenters. The number of aliphatic hydroxyl groups is 1. The molecule has 184 valence electrons. The maximum Gasteiger partial charge on any atom is 0.0991 e. The van der Waals surface area contributed by atoms with Crippen LogP contribution in [-0.4, -0.2) is 137 Å². The second-order valence-electron chi connectivity index (χ2n) is 8.34. The van der Waals surface area contributed by atoms with Crippen molar-refractivity contribution in [3.8, 4) is 0 Å². The summed E-state index contributed by atoms with van der Waals surface area (Å²) in [6.45, 7) is 16.7. The Balaban J connectivity index is 1.33. The average Bonchev–Trinajstić information content (AvgIpc) is 2.81. The minimum absolute atomic E-state index is 0.252. The van der Waals surface area contributed by atoms with Crippen LogP contribution in [0.4, 0.5) is 0 Å². The van der Waals surface area contributed by atoms with Gasteiger partial charge in [0.25, 0.3) is 0 Å². The van der Waals surface area contributed by atoms with Crippen molar-refractivity contribution in [3.63, 3.8) is 0 Å². The summed E-state index contributed by atoms with van der Waals surface area (Å²) in [7, 11) is 0. The first kappa shape index (κ1) is 26.9. The van der Waals surface area contributed by atoms with Crippen molar-refractivity contribution in [1.29, 1.82) is 0 Å². The zero-order valence-electron chi connectivity index (χ0n) is 19.7. The van der Waals surface area contributed by atoms with Crippen LogP contribution < -0.4 is 0 Å². The first-order valence-electron chi connectivity index (χ1n) is 12.1. The molecule has 2 rings (SSSR count). The molecule has 2 fully saturated rings. The van der Waals surface area contributed by atoms with E-state index in [9.17, 15) is 0 Å². The summed E-state index contributed by atoms with van der Waals surface area (Å²) < 4.78 is 22.8. The van der Waals surface area contributed by atoms with E-state index in [1.165, 1.54) is 0 Å². The van der Waals surface area contributed by atoms with E-state index in [4.69, 9.17) is 24.1 Å². The lowest BCUT2D eigenvalue weighted by Gasteiger charge is -2.34. The Labute approximate surface area is 189 Å². The molecule has 0 bridgehead atoms. The van der Waals surface area contributed by atoms with Gasteiger partial charge < -0.3 is 24.1 Å². The molecular weight excluding hydrogens is 400 g/mol. The Morgan fingerprint density at radius 3 is 1.16 bits per heavy atom. The van der Waals surface area contributed by atoms with Crippen LogP contribution in [0, 0.1) is 0 Å². The van der Waals surface area contributed by atoms with E-state index >= 15 is 0 Å². The highest BCUT2D eigenvalue weighted by Gasteiger charge is 2.17. The predicted octanol–water partition coefficient (Wildman–Crippen LogP) is 0.691. The van der Waals surface area contributed by atoms with Gasteiger partial charge in [0.15, 0.2) is 0 Å². The average molecular weight is 447 g/mol. The molecule has 0 aromatic carbocycles. The number of hydrogen-bond acceptors (Lipinski definition) is 9. The van der Waals surface area contributed by atoms with Crippen LogP contribution in [0.2, 0.25) is 0 Å². The van der Waals surface area contributed by atoms with Gasteiger partial charge in [-0.15, -0.1) is 0 Å². The maximum atomic E-state index is 8.77. The molecule has 0 aromatic heterocycles. The van der Waals surface area contributed by atoms with E-state index in [0.29, 0.717) is 6.73 Å². The van der Waals surface area contributed by atoms with Crippen molar-refractivity contribution in [2.24, 2.45) is 0 Å². The second kappa shape index (κ2) is 18.1. The molecule has 0 aliphatic carbocycles. The minimum Gasteiger partial charge on any atom is -0.396 e. The van der Waals surface area contributed by atoms with Crippen molar-refractivity contribution in [2.75, 3.05) is 112 Å². The lowest BCUT2D eigenvalue weighted by Crippen LogP contribution is -2.47. The molecule has 0 aromatic rings. The first-order valence-corrected chi connectivity index (χ1v) is 12.1. The highest BCUT2D eigenvalue weighted by atomic mass is 16.5. The molecule has 9 heteroatoms. The van der Waals surface area contributed by atoms with Crippen molar-refractivity contribution >= 4 is 0 Å².